The third kappa shape index (κ3) is 6.77. The van der Waals surface area contributed by atoms with Gasteiger partial charge >= 0.3 is 5.97 Å². The molecule has 0 atom stereocenters. The van der Waals surface area contributed by atoms with E-state index in [9.17, 15) is 4.79 Å². The van der Waals surface area contributed by atoms with Crippen LogP contribution in [0.3, 0.4) is 0 Å². The molecule has 0 aromatic heterocycles. The van der Waals surface area contributed by atoms with Crippen molar-refractivity contribution in [1.82, 2.24) is 0 Å². The second kappa shape index (κ2) is 8.80. The van der Waals surface area contributed by atoms with Gasteiger partial charge < -0.3 is 5.11 Å². The summed E-state index contributed by atoms with van der Waals surface area (Å²) in [5.74, 6) is -0.845. The average molecular weight is 236 g/mol. The molecule has 0 aromatic rings. The minimum Gasteiger partial charge on any atom is -0.478 e. The molecule has 0 amide bonds. The lowest BCUT2D eigenvalue weighted by Crippen LogP contribution is -2.00. The molecule has 0 aliphatic carbocycles. The van der Waals surface area contributed by atoms with Gasteiger partial charge in [0.25, 0.3) is 0 Å². The van der Waals surface area contributed by atoms with E-state index in [0.717, 1.165) is 17.6 Å². The van der Waals surface area contributed by atoms with E-state index in [-0.39, 0.29) is 0 Å². The molecule has 0 heterocycles. The molecule has 0 aromatic carbocycles. The largest absolute Gasteiger partial charge is 0.478 e. The van der Waals surface area contributed by atoms with E-state index in [4.69, 9.17) is 5.11 Å². The number of carboxylic acid groups (broad SMARTS) is 1. The summed E-state index contributed by atoms with van der Waals surface area (Å²) in [6, 6.07) is 0. The molecule has 0 saturated carbocycles. The van der Waals surface area contributed by atoms with Crippen molar-refractivity contribution in [1.29, 1.82) is 0 Å². The highest BCUT2D eigenvalue weighted by Crippen LogP contribution is 2.14. The number of allylic oxidation sites excluding steroid dienone is 5. The SMILES string of the molecule is CCCCCC=CC=C(C)C(C)=C(C)C(=O)O. The Morgan fingerprint density at radius 1 is 1.12 bits per heavy atom. The van der Waals surface area contributed by atoms with Gasteiger partial charge in [0.1, 0.15) is 0 Å². The van der Waals surface area contributed by atoms with Crippen LogP contribution in [0, 0.1) is 0 Å². The Hall–Kier alpha value is -1.31. The maximum Gasteiger partial charge on any atom is 0.331 e. The van der Waals surface area contributed by atoms with Gasteiger partial charge in [-0.25, -0.2) is 4.79 Å². The Morgan fingerprint density at radius 2 is 1.76 bits per heavy atom. The monoisotopic (exact) mass is 236 g/mol. The first-order chi connectivity index (χ1) is 8.00. The second-order valence-corrected chi connectivity index (χ2v) is 4.33. The summed E-state index contributed by atoms with van der Waals surface area (Å²) in [7, 11) is 0. The van der Waals surface area contributed by atoms with Crippen molar-refractivity contribution in [3.63, 3.8) is 0 Å². The number of rotatable bonds is 7. The zero-order valence-corrected chi connectivity index (χ0v) is 11.4. The van der Waals surface area contributed by atoms with Gasteiger partial charge in [-0.05, 0) is 44.8 Å². The van der Waals surface area contributed by atoms with Gasteiger partial charge in [0.15, 0.2) is 0 Å². The number of aliphatic carboxylic acids is 1. The van der Waals surface area contributed by atoms with Crippen LogP contribution in [0.5, 0.6) is 0 Å². The standard InChI is InChI=1S/C15H24O2/c1-5-6-7-8-9-10-11-12(2)13(3)14(4)15(16)17/h9-11H,5-8H2,1-4H3,(H,16,17). The van der Waals surface area contributed by atoms with Crippen molar-refractivity contribution in [2.45, 2.75) is 53.4 Å². The van der Waals surface area contributed by atoms with Gasteiger partial charge in [0.2, 0.25) is 0 Å². The minimum atomic E-state index is -0.845. The Morgan fingerprint density at radius 3 is 2.29 bits per heavy atom. The molecule has 2 heteroatoms. The lowest BCUT2D eigenvalue weighted by Gasteiger charge is -2.03. The van der Waals surface area contributed by atoms with Crippen molar-refractivity contribution < 1.29 is 9.90 Å². The van der Waals surface area contributed by atoms with Gasteiger partial charge in [-0.2, -0.15) is 0 Å². The summed E-state index contributed by atoms with van der Waals surface area (Å²) in [4.78, 5) is 10.8. The first kappa shape index (κ1) is 15.7. The van der Waals surface area contributed by atoms with Crippen LogP contribution >= 0.6 is 0 Å². The molecular weight excluding hydrogens is 212 g/mol. The van der Waals surface area contributed by atoms with Crippen LogP contribution in [0.2, 0.25) is 0 Å². The number of carboxylic acids is 1. The molecule has 0 radical (unpaired) electrons. The van der Waals surface area contributed by atoms with E-state index in [0.29, 0.717) is 5.57 Å². The van der Waals surface area contributed by atoms with Crippen LogP contribution in [-0.4, -0.2) is 11.1 Å². The Labute approximate surface area is 105 Å². The molecule has 0 aliphatic rings. The lowest BCUT2D eigenvalue weighted by atomic mass is 10.0. The first-order valence-corrected chi connectivity index (χ1v) is 6.25. The summed E-state index contributed by atoms with van der Waals surface area (Å²) in [5.41, 5.74) is 2.27. The van der Waals surface area contributed by atoms with Crippen molar-refractivity contribution >= 4 is 5.97 Å². The third-order valence-corrected chi connectivity index (χ3v) is 2.93. The molecule has 0 unspecified atom stereocenters. The zero-order valence-electron chi connectivity index (χ0n) is 11.4. The topological polar surface area (TPSA) is 37.3 Å². The zero-order chi connectivity index (χ0) is 13.3. The van der Waals surface area contributed by atoms with E-state index < -0.39 is 5.97 Å². The molecule has 0 fully saturated rings. The van der Waals surface area contributed by atoms with Gasteiger partial charge in [0, 0.05) is 5.57 Å². The van der Waals surface area contributed by atoms with Crippen LogP contribution < -0.4 is 0 Å². The fourth-order valence-electron chi connectivity index (χ4n) is 1.40. The van der Waals surface area contributed by atoms with Crippen molar-refractivity contribution in [2.75, 3.05) is 0 Å². The third-order valence-electron chi connectivity index (χ3n) is 2.93. The van der Waals surface area contributed by atoms with E-state index in [1.165, 1.54) is 19.3 Å². The van der Waals surface area contributed by atoms with Crippen LogP contribution in [0.25, 0.3) is 0 Å². The molecule has 0 rings (SSSR count). The van der Waals surface area contributed by atoms with Crippen molar-refractivity contribution in [3.05, 3.63) is 34.9 Å². The molecule has 0 saturated heterocycles. The molecule has 1 N–H and O–H groups in total. The van der Waals surface area contributed by atoms with Crippen LogP contribution in [0.1, 0.15) is 53.4 Å². The molecule has 17 heavy (non-hydrogen) atoms. The maximum atomic E-state index is 10.8. The Bertz CT molecular complexity index is 333. The number of carbonyl (C=O) groups is 1. The van der Waals surface area contributed by atoms with E-state index >= 15 is 0 Å². The van der Waals surface area contributed by atoms with Gasteiger partial charge in [-0.15, -0.1) is 0 Å². The van der Waals surface area contributed by atoms with Gasteiger partial charge in [-0.3, -0.25) is 0 Å². The van der Waals surface area contributed by atoms with Gasteiger partial charge in [0.05, 0.1) is 0 Å². The smallest absolute Gasteiger partial charge is 0.331 e. The van der Waals surface area contributed by atoms with Crippen LogP contribution in [-0.2, 0) is 4.79 Å². The van der Waals surface area contributed by atoms with Crippen molar-refractivity contribution in [3.8, 4) is 0 Å². The predicted molar refractivity (Wildman–Crippen MR) is 73.0 cm³/mol. The highest BCUT2D eigenvalue weighted by atomic mass is 16.4. The number of hydrogen-bond donors (Lipinski definition) is 1. The highest BCUT2D eigenvalue weighted by Gasteiger charge is 2.05. The van der Waals surface area contributed by atoms with E-state index in [2.05, 4.69) is 13.0 Å². The number of unbranched alkanes of at least 4 members (excludes halogenated alkanes) is 3. The van der Waals surface area contributed by atoms with Crippen LogP contribution in [0.15, 0.2) is 34.9 Å². The van der Waals surface area contributed by atoms with Crippen molar-refractivity contribution in [2.24, 2.45) is 0 Å². The highest BCUT2D eigenvalue weighted by molar-refractivity contribution is 5.87. The average Bonchev–Trinajstić information content (AvgIpc) is 2.31. The molecule has 96 valence electrons. The Balaban J connectivity index is 4.35. The summed E-state index contributed by atoms with van der Waals surface area (Å²) >= 11 is 0. The van der Waals surface area contributed by atoms with E-state index in [1.54, 1.807) is 6.92 Å². The molecule has 0 aliphatic heterocycles. The van der Waals surface area contributed by atoms with Crippen LogP contribution in [0.4, 0.5) is 0 Å². The second-order valence-electron chi connectivity index (χ2n) is 4.33. The first-order valence-electron chi connectivity index (χ1n) is 6.25. The minimum absolute atomic E-state index is 0.415. The molecule has 2 nitrogen and oxygen atoms in total. The number of hydrogen-bond acceptors (Lipinski definition) is 1. The predicted octanol–water partition coefficient (Wildman–Crippen LogP) is 4.49. The molecular formula is C15H24O2. The molecule has 0 bridgehead atoms. The summed E-state index contributed by atoms with van der Waals surface area (Å²) < 4.78 is 0. The maximum absolute atomic E-state index is 10.8. The van der Waals surface area contributed by atoms with Gasteiger partial charge in [-0.1, -0.05) is 38.0 Å². The molecule has 0 spiro atoms. The lowest BCUT2D eigenvalue weighted by molar-refractivity contribution is -0.132. The normalized spacial score (nSPS) is 14.0. The summed E-state index contributed by atoms with van der Waals surface area (Å²) in [6.07, 6.45) is 11.0. The summed E-state index contributed by atoms with van der Waals surface area (Å²) in [5, 5.41) is 8.87. The fourth-order valence-corrected chi connectivity index (χ4v) is 1.40. The summed E-state index contributed by atoms with van der Waals surface area (Å²) in [6.45, 7) is 7.62. The quantitative estimate of drug-likeness (QED) is 0.402. The Kier molecular flexibility index (Phi) is 8.12. The van der Waals surface area contributed by atoms with E-state index in [1.807, 2.05) is 26.0 Å². The fraction of sp³-hybridized carbons (Fsp3) is 0.533.